The van der Waals surface area contributed by atoms with Crippen molar-refractivity contribution in [2.75, 3.05) is 12.8 Å². The SMILES string of the molecule is CC(=O)[C@H](C)CP(=O)(OO)OC[C@H]1OC(n2cc(C)c(=O)[nH]c2=O)[C@](C)(F)[C@@H]1OC(C)C. The molecule has 0 spiro atoms. The highest BCUT2D eigenvalue weighted by Gasteiger charge is 2.57. The molecular weight excluding hydrogens is 450 g/mol. The van der Waals surface area contributed by atoms with Crippen molar-refractivity contribution in [3.8, 4) is 0 Å². The lowest BCUT2D eigenvalue weighted by molar-refractivity contribution is -0.154. The highest BCUT2D eigenvalue weighted by Crippen LogP contribution is 2.51. The maximum atomic E-state index is 15.9. The van der Waals surface area contributed by atoms with E-state index in [1.807, 2.05) is 0 Å². The third-order valence-electron chi connectivity index (χ3n) is 5.25. The number of nitrogens with zero attached hydrogens (tertiary/aromatic N) is 1. The maximum Gasteiger partial charge on any atom is 0.358 e. The smallest absolute Gasteiger partial charge is 0.358 e. The van der Waals surface area contributed by atoms with Gasteiger partial charge in [0.15, 0.2) is 11.9 Å². The molecule has 32 heavy (non-hydrogen) atoms. The zero-order valence-corrected chi connectivity index (χ0v) is 19.8. The van der Waals surface area contributed by atoms with E-state index in [2.05, 4.69) is 9.66 Å². The van der Waals surface area contributed by atoms with E-state index in [4.69, 9.17) is 19.3 Å². The van der Waals surface area contributed by atoms with Crippen molar-refractivity contribution < 1.29 is 37.7 Å². The molecule has 13 heteroatoms. The van der Waals surface area contributed by atoms with Gasteiger partial charge in [0.05, 0.1) is 18.9 Å². The molecule has 182 valence electrons. The number of nitrogens with one attached hydrogen (secondary N) is 1. The van der Waals surface area contributed by atoms with Gasteiger partial charge in [0.25, 0.3) is 5.56 Å². The minimum atomic E-state index is -4.12. The van der Waals surface area contributed by atoms with Crippen molar-refractivity contribution in [3.05, 3.63) is 32.6 Å². The second-order valence-electron chi connectivity index (χ2n) is 8.44. The molecule has 6 atom stereocenters. The number of aromatic nitrogens is 2. The van der Waals surface area contributed by atoms with Crippen molar-refractivity contribution in [3.63, 3.8) is 0 Å². The summed E-state index contributed by atoms with van der Waals surface area (Å²) in [6, 6.07) is 0. The van der Waals surface area contributed by atoms with Crippen LogP contribution in [0.15, 0.2) is 15.8 Å². The summed E-state index contributed by atoms with van der Waals surface area (Å²) in [7, 11) is -4.12. The molecule has 2 N–H and O–H groups in total. The Morgan fingerprint density at radius 1 is 1.41 bits per heavy atom. The minimum absolute atomic E-state index is 0.168. The summed E-state index contributed by atoms with van der Waals surface area (Å²) >= 11 is 0. The fourth-order valence-corrected chi connectivity index (χ4v) is 4.89. The van der Waals surface area contributed by atoms with Gasteiger partial charge in [-0.3, -0.25) is 23.7 Å². The van der Waals surface area contributed by atoms with E-state index in [0.717, 1.165) is 4.57 Å². The van der Waals surface area contributed by atoms with Crippen molar-refractivity contribution in [2.45, 2.75) is 71.8 Å². The van der Waals surface area contributed by atoms with Crippen molar-refractivity contribution in [1.82, 2.24) is 9.55 Å². The number of halogens is 1. The molecular formula is C19H30FN2O9P. The topological polar surface area (TPSA) is 146 Å². The Morgan fingerprint density at radius 3 is 2.56 bits per heavy atom. The third-order valence-corrected chi connectivity index (χ3v) is 7.04. The van der Waals surface area contributed by atoms with Crippen LogP contribution in [0, 0.1) is 12.8 Å². The lowest BCUT2D eigenvalue weighted by atomic mass is 9.98. The summed E-state index contributed by atoms with van der Waals surface area (Å²) in [6.07, 6.45) is -3.57. The molecule has 1 fully saturated rings. The Labute approximate surface area is 184 Å². The molecule has 0 amide bonds. The standard InChI is InChI=1S/C19H30FN2O9P/c1-10(2)29-15-14(8-28-32(27,31-26)9-12(4)13(5)23)30-17(19(15,6)20)22-7-11(3)16(24)21-18(22)25/h7,10,12,14-15,17,26H,8-9H2,1-6H3,(H,21,24,25)/t12-,14-,15-,17?,19-,32?/m1/s1. The first kappa shape index (κ1) is 26.6. The Hall–Kier alpha value is -1.69. The first-order valence-electron chi connectivity index (χ1n) is 10.1. The fraction of sp³-hybridized carbons (Fsp3) is 0.737. The van der Waals surface area contributed by atoms with Crippen LogP contribution in [0.4, 0.5) is 4.39 Å². The Bertz CT molecular complexity index is 990. The quantitative estimate of drug-likeness (QED) is 0.292. The van der Waals surface area contributed by atoms with Crippen LogP contribution >= 0.6 is 7.60 Å². The predicted molar refractivity (Wildman–Crippen MR) is 111 cm³/mol. The normalized spacial score (nSPS) is 28.6. The summed E-state index contributed by atoms with van der Waals surface area (Å²) in [5, 5.41) is 9.10. The number of Topliss-reactive ketones (excluding diaryl/α,β-unsaturated/α-hetero) is 1. The first-order valence-corrected chi connectivity index (χ1v) is 11.8. The van der Waals surface area contributed by atoms with Gasteiger partial charge >= 0.3 is 13.3 Å². The summed E-state index contributed by atoms with van der Waals surface area (Å²) in [6.45, 7) is 8.25. The molecule has 1 aromatic heterocycles. The number of aromatic amines is 1. The number of rotatable bonds is 10. The van der Waals surface area contributed by atoms with E-state index >= 15 is 4.39 Å². The molecule has 2 unspecified atom stereocenters. The second kappa shape index (κ2) is 10.1. The van der Waals surface area contributed by atoms with Crippen LogP contribution in [0.1, 0.15) is 46.4 Å². The summed E-state index contributed by atoms with van der Waals surface area (Å²) in [4.78, 5) is 37.6. The van der Waals surface area contributed by atoms with Crippen LogP contribution in [-0.2, 0) is 28.0 Å². The zero-order valence-electron chi connectivity index (χ0n) is 18.9. The van der Waals surface area contributed by atoms with E-state index < -0.39 is 67.7 Å². The number of carbonyl (C=O) groups is 1. The molecule has 0 saturated carbocycles. The highest BCUT2D eigenvalue weighted by molar-refractivity contribution is 7.53. The Morgan fingerprint density at radius 2 is 2.03 bits per heavy atom. The minimum Gasteiger partial charge on any atom is -0.369 e. The van der Waals surface area contributed by atoms with Crippen molar-refractivity contribution >= 4 is 13.4 Å². The molecule has 1 aliphatic heterocycles. The van der Waals surface area contributed by atoms with Crippen molar-refractivity contribution in [2.24, 2.45) is 5.92 Å². The number of carbonyl (C=O) groups excluding carboxylic acids is 1. The summed E-state index contributed by atoms with van der Waals surface area (Å²) in [5.41, 5.74) is -3.58. The van der Waals surface area contributed by atoms with Gasteiger partial charge in [0.1, 0.15) is 18.0 Å². The molecule has 1 aliphatic rings. The largest absolute Gasteiger partial charge is 0.369 e. The van der Waals surface area contributed by atoms with Gasteiger partial charge in [0, 0.05) is 17.7 Å². The maximum absolute atomic E-state index is 15.9. The van der Waals surface area contributed by atoms with Gasteiger partial charge in [-0.25, -0.2) is 14.4 Å². The summed E-state index contributed by atoms with van der Waals surface area (Å²) in [5.74, 6) is -1.00. The molecule has 0 aromatic carbocycles. The number of hydrogen-bond donors (Lipinski definition) is 2. The van der Waals surface area contributed by atoms with Gasteiger partial charge in [-0.15, -0.1) is 0 Å². The molecule has 1 saturated heterocycles. The first-order chi connectivity index (χ1) is 14.7. The summed E-state index contributed by atoms with van der Waals surface area (Å²) < 4.78 is 50.3. The lowest BCUT2D eigenvalue weighted by Crippen LogP contribution is -2.46. The number of hydrogen-bond acceptors (Lipinski definition) is 9. The second-order valence-corrected chi connectivity index (χ2v) is 10.5. The van der Waals surface area contributed by atoms with Crippen LogP contribution in [-0.4, -0.2) is 57.3 Å². The Balaban J connectivity index is 2.34. The van der Waals surface area contributed by atoms with Crippen molar-refractivity contribution in [1.29, 1.82) is 0 Å². The predicted octanol–water partition coefficient (Wildman–Crippen LogP) is 2.19. The number of aryl methyl sites for hydroxylation is 1. The molecule has 0 bridgehead atoms. The van der Waals surface area contributed by atoms with Gasteiger partial charge in [-0.2, -0.15) is 4.67 Å². The van der Waals surface area contributed by atoms with E-state index in [-0.39, 0.29) is 11.3 Å². The monoisotopic (exact) mass is 480 g/mol. The average molecular weight is 480 g/mol. The molecule has 11 nitrogen and oxygen atoms in total. The van der Waals surface area contributed by atoms with Crippen LogP contribution < -0.4 is 11.2 Å². The Kier molecular flexibility index (Phi) is 8.35. The molecule has 0 radical (unpaired) electrons. The number of H-pyrrole nitrogens is 1. The van der Waals surface area contributed by atoms with E-state index in [1.165, 1.54) is 33.9 Å². The van der Waals surface area contributed by atoms with Crippen LogP contribution in [0.25, 0.3) is 0 Å². The average Bonchev–Trinajstić information content (AvgIpc) is 2.93. The van der Waals surface area contributed by atoms with Gasteiger partial charge < -0.3 is 14.0 Å². The van der Waals surface area contributed by atoms with Crippen LogP contribution in [0.3, 0.4) is 0 Å². The number of alkyl halides is 1. The molecule has 2 rings (SSSR count). The van der Waals surface area contributed by atoms with Crippen LogP contribution in [0.5, 0.6) is 0 Å². The number of ether oxygens (including phenoxy) is 2. The van der Waals surface area contributed by atoms with E-state index in [9.17, 15) is 18.9 Å². The van der Waals surface area contributed by atoms with E-state index in [1.54, 1.807) is 13.8 Å². The molecule has 2 heterocycles. The van der Waals surface area contributed by atoms with E-state index in [0.29, 0.717) is 0 Å². The molecule has 0 aliphatic carbocycles. The highest BCUT2D eigenvalue weighted by atomic mass is 31.2. The van der Waals surface area contributed by atoms with Gasteiger partial charge in [-0.1, -0.05) is 6.92 Å². The number of ketones is 1. The van der Waals surface area contributed by atoms with Gasteiger partial charge in [-0.05, 0) is 34.6 Å². The van der Waals surface area contributed by atoms with Gasteiger partial charge in [0.2, 0.25) is 0 Å². The molecule has 1 aromatic rings. The van der Waals surface area contributed by atoms with Crippen LogP contribution in [0.2, 0.25) is 0 Å². The fourth-order valence-electron chi connectivity index (χ4n) is 3.37. The zero-order chi connectivity index (χ0) is 24.4. The lowest BCUT2D eigenvalue weighted by Gasteiger charge is -2.29. The third kappa shape index (κ3) is 5.81.